The van der Waals surface area contributed by atoms with Crippen molar-refractivity contribution in [3.05, 3.63) is 72.4 Å². The Balaban J connectivity index is 1.90. The van der Waals surface area contributed by atoms with Gasteiger partial charge in [-0.15, -0.1) is 0 Å². The molecule has 0 fully saturated rings. The van der Waals surface area contributed by atoms with Crippen molar-refractivity contribution < 1.29 is 29.0 Å². The molecule has 3 aromatic rings. The van der Waals surface area contributed by atoms with Crippen LogP contribution in [0, 0.1) is 0 Å². The van der Waals surface area contributed by atoms with E-state index in [4.69, 9.17) is 0 Å². The van der Waals surface area contributed by atoms with Crippen LogP contribution in [0.25, 0.3) is 11.1 Å². The summed E-state index contributed by atoms with van der Waals surface area (Å²) in [6, 6.07) is 12.3. The smallest absolute Gasteiger partial charge is 0.337 e. The van der Waals surface area contributed by atoms with Gasteiger partial charge in [-0.3, -0.25) is 0 Å². The number of nitrogens with one attached hydrogen (secondary N) is 1. The molecule has 29 heavy (non-hydrogen) atoms. The summed E-state index contributed by atoms with van der Waals surface area (Å²) in [5.74, 6) is -0.191. The number of hydrogen-bond donors (Lipinski definition) is 1. The lowest BCUT2D eigenvalue weighted by Gasteiger charge is -2.40. The van der Waals surface area contributed by atoms with E-state index in [1.54, 1.807) is 36.4 Å². The number of esters is 1. The molecule has 154 valence electrons. The molecule has 3 rings (SSSR count). The topological polar surface area (TPSA) is 51.2 Å². The van der Waals surface area contributed by atoms with E-state index in [0.717, 1.165) is 12.1 Å². The molecule has 0 spiro atoms. The first-order valence-electron chi connectivity index (χ1n) is 8.12. The Morgan fingerprint density at radius 2 is 1.55 bits per heavy atom. The molecule has 0 aliphatic heterocycles. The molecule has 0 atom stereocenters. The third kappa shape index (κ3) is 4.83. The summed E-state index contributed by atoms with van der Waals surface area (Å²) in [7, 11) is -8.46. The van der Waals surface area contributed by atoms with Crippen molar-refractivity contribution in [2.45, 2.75) is 4.90 Å². The minimum Gasteiger partial charge on any atom is -0.465 e. The van der Waals surface area contributed by atoms with E-state index in [-0.39, 0.29) is 5.69 Å². The number of methoxy groups -OCH3 is 1. The molecule has 2 aromatic carbocycles. The van der Waals surface area contributed by atoms with Crippen molar-refractivity contribution in [1.82, 2.24) is 4.98 Å². The molecule has 0 bridgehead atoms. The standard InChI is InChI=1S/C19H15F5N2O2S/c1-28-19(27)14-6-4-13(5-7-14)17-3-2-12-25-18(17)26-15-8-10-16(11-9-15)29(20,21,22,23)24/h2-12H,1H3,(H,25,26). The summed E-state index contributed by atoms with van der Waals surface area (Å²) in [5, 5.41) is 2.82. The average Bonchev–Trinajstić information content (AvgIpc) is 2.66. The van der Waals surface area contributed by atoms with Crippen LogP contribution in [0.1, 0.15) is 10.4 Å². The van der Waals surface area contributed by atoms with Gasteiger partial charge in [-0.05, 0) is 54.1 Å². The maximum absolute atomic E-state index is 12.8. The van der Waals surface area contributed by atoms with Gasteiger partial charge >= 0.3 is 16.2 Å². The largest absolute Gasteiger partial charge is 0.465 e. The maximum atomic E-state index is 12.8. The summed E-state index contributed by atoms with van der Waals surface area (Å²) in [6.45, 7) is 0. The number of nitrogens with zero attached hydrogens (tertiary/aromatic N) is 1. The van der Waals surface area contributed by atoms with Gasteiger partial charge in [0.15, 0.2) is 0 Å². The molecule has 1 heterocycles. The Morgan fingerprint density at radius 1 is 0.931 bits per heavy atom. The minimum atomic E-state index is -9.72. The molecule has 0 saturated heterocycles. The van der Waals surface area contributed by atoms with Gasteiger partial charge in [-0.1, -0.05) is 31.6 Å². The van der Waals surface area contributed by atoms with E-state index >= 15 is 0 Å². The predicted molar refractivity (Wildman–Crippen MR) is 102 cm³/mol. The number of ether oxygens (including phenoxy) is 1. The summed E-state index contributed by atoms with van der Waals surface area (Å²) in [6.07, 6.45) is 1.47. The number of hydrogen-bond acceptors (Lipinski definition) is 4. The average molecular weight is 430 g/mol. The molecule has 0 aliphatic carbocycles. The van der Waals surface area contributed by atoms with Crippen LogP contribution in [0.4, 0.5) is 30.9 Å². The second kappa shape index (κ2) is 6.45. The first-order valence-corrected chi connectivity index (χ1v) is 10.1. The lowest BCUT2D eigenvalue weighted by atomic mass is 10.0. The molecule has 0 aliphatic rings. The Labute approximate surface area is 163 Å². The Kier molecular flexibility index (Phi) is 4.58. The summed E-state index contributed by atoms with van der Waals surface area (Å²) in [5.41, 5.74) is 1.78. The zero-order valence-corrected chi connectivity index (χ0v) is 15.7. The zero-order chi connectivity index (χ0) is 21.3. The number of benzene rings is 2. The number of pyridine rings is 1. The monoisotopic (exact) mass is 430 g/mol. The van der Waals surface area contributed by atoms with Gasteiger partial charge in [-0.2, -0.15) is 0 Å². The highest BCUT2D eigenvalue weighted by atomic mass is 32.5. The van der Waals surface area contributed by atoms with E-state index < -0.39 is 21.1 Å². The van der Waals surface area contributed by atoms with Crippen LogP contribution < -0.4 is 5.32 Å². The summed E-state index contributed by atoms with van der Waals surface area (Å²) >= 11 is 0. The molecular formula is C19H15F5N2O2S. The van der Waals surface area contributed by atoms with E-state index in [9.17, 15) is 24.2 Å². The van der Waals surface area contributed by atoms with Crippen LogP contribution in [0.5, 0.6) is 0 Å². The van der Waals surface area contributed by atoms with E-state index in [2.05, 4.69) is 15.0 Å². The molecule has 0 amide bonds. The van der Waals surface area contributed by atoms with Gasteiger partial charge in [0, 0.05) is 17.4 Å². The first kappa shape index (κ1) is 20.6. The summed E-state index contributed by atoms with van der Waals surface area (Å²) < 4.78 is 68.8. The van der Waals surface area contributed by atoms with E-state index in [1.807, 2.05) is 0 Å². The van der Waals surface area contributed by atoms with Crippen LogP contribution >= 0.6 is 10.2 Å². The fraction of sp³-hybridized carbons (Fsp3) is 0.0526. The quantitative estimate of drug-likeness (QED) is 0.352. The van der Waals surface area contributed by atoms with Gasteiger partial charge in [0.05, 0.1) is 12.7 Å². The molecule has 1 N–H and O–H groups in total. The zero-order valence-electron chi connectivity index (χ0n) is 14.9. The summed E-state index contributed by atoms with van der Waals surface area (Å²) in [4.78, 5) is 13.7. The molecular weight excluding hydrogens is 415 g/mol. The van der Waals surface area contributed by atoms with Crippen molar-refractivity contribution >= 4 is 27.7 Å². The van der Waals surface area contributed by atoms with Crippen molar-refractivity contribution in [3.8, 4) is 11.1 Å². The second-order valence-corrected chi connectivity index (χ2v) is 8.50. The number of rotatable bonds is 5. The SMILES string of the molecule is COC(=O)c1ccc(-c2cccnc2Nc2ccc(S(F)(F)(F)(F)F)cc2)cc1. The number of anilines is 2. The van der Waals surface area contributed by atoms with Crippen LogP contribution in [0.3, 0.4) is 0 Å². The lowest BCUT2D eigenvalue weighted by molar-refractivity contribution is 0.0600. The van der Waals surface area contributed by atoms with Crippen molar-refractivity contribution in [1.29, 1.82) is 0 Å². The third-order valence-corrected chi connectivity index (χ3v) is 5.15. The Hall–Kier alpha value is -3.14. The molecule has 0 unspecified atom stereocenters. The van der Waals surface area contributed by atoms with Crippen molar-refractivity contribution in [3.63, 3.8) is 0 Å². The predicted octanol–water partition coefficient (Wildman–Crippen LogP) is 6.94. The maximum Gasteiger partial charge on any atom is 0.337 e. The van der Waals surface area contributed by atoms with Gasteiger partial charge < -0.3 is 10.1 Å². The fourth-order valence-electron chi connectivity index (χ4n) is 2.57. The Morgan fingerprint density at radius 3 is 2.10 bits per heavy atom. The third-order valence-electron chi connectivity index (χ3n) is 3.99. The first-order chi connectivity index (χ1) is 13.4. The highest BCUT2D eigenvalue weighted by molar-refractivity contribution is 8.45. The Bertz CT molecular complexity index is 1050. The highest BCUT2D eigenvalue weighted by Gasteiger charge is 2.65. The van der Waals surface area contributed by atoms with Gasteiger partial charge in [0.1, 0.15) is 10.7 Å². The van der Waals surface area contributed by atoms with Crippen molar-refractivity contribution in [2.24, 2.45) is 0 Å². The number of carbonyl (C=O) groups is 1. The van der Waals surface area contributed by atoms with Crippen LogP contribution in [0.2, 0.25) is 0 Å². The number of halogens is 5. The number of carbonyl (C=O) groups excluding carboxylic acids is 1. The second-order valence-electron chi connectivity index (χ2n) is 6.09. The molecule has 4 nitrogen and oxygen atoms in total. The van der Waals surface area contributed by atoms with Gasteiger partial charge in [0.2, 0.25) is 0 Å². The molecule has 0 saturated carbocycles. The van der Waals surface area contributed by atoms with E-state index in [1.165, 1.54) is 13.3 Å². The van der Waals surface area contributed by atoms with Crippen LogP contribution in [0.15, 0.2) is 71.8 Å². The fourth-order valence-corrected chi connectivity index (χ4v) is 3.22. The molecule has 0 radical (unpaired) electrons. The van der Waals surface area contributed by atoms with Crippen LogP contribution in [-0.2, 0) is 4.74 Å². The normalized spacial score (nSPS) is 13.9. The minimum absolute atomic E-state index is 0.154. The molecule has 1 aromatic heterocycles. The molecule has 10 heteroatoms. The lowest BCUT2D eigenvalue weighted by Crippen LogP contribution is -2.06. The number of aromatic nitrogens is 1. The van der Waals surface area contributed by atoms with Gasteiger partial charge in [-0.25, -0.2) is 9.78 Å². The van der Waals surface area contributed by atoms with E-state index in [0.29, 0.717) is 34.6 Å². The highest BCUT2D eigenvalue weighted by Crippen LogP contribution is 3.02. The van der Waals surface area contributed by atoms with Crippen LogP contribution in [-0.4, -0.2) is 18.1 Å². The van der Waals surface area contributed by atoms with Gasteiger partial charge in [0.25, 0.3) is 0 Å². The van der Waals surface area contributed by atoms with Crippen molar-refractivity contribution in [2.75, 3.05) is 12.4 Å².